The maximum atomic E-state index is 12.8. The average molecular weight is 381 g/mol. The molecule has 7 heteroatoms. The maximum Gasteiger partial charge on any atom is 0.251 e. The summed E-state index contributed by atoms with van der Waals surface area (Å²) in [5, 5.41) is 5.46. The molecule has 1 atom stereocenters. The highest BCUT2D eigenvalue weighted by atomic mass is 35.5. The first-order valence-corrected chi connectivity index (χ1v) is 8.42. The standard InChI is InChI=1S/C18H15Cl2FN2O2/c19-18(20)9-15(18)17(25)23-14-7-3-12(4-8-14)16(24)22-10-11-1-5-13(21)6-2-11/h1-8,15H,9-10H2,(H,22,24)(H,23,25). The number of hydrogen-bond acceptors (Lipinski definition) is 2. The van der Waals surface area contributed by atoms with Gasteiger partial charge in [0.2, 0.25) is 5.91 Å². The molecule has 2 aromatic rings. The lowest BCUT2D eigenvalue weighted by molar-refractivity contribution is -0.117. The minimum atomic E-state index is -0.968. The Bertz CT molecular complexity index is 792. The van der Waals surface area contributed by atoms with Crippen LogP contribution in [0.15, 0.2) is 48.5 Å². The molecule has 2 amide bonds. The Morgan fingerprint density at radius 2 is 1.68 bits per heavy atom. The van der Waals surface area contributed by atoms with Crippen LogP contribution in [0.25, 0.3) is 0 Å². The smallest absolute Gasteiger partial charge is 0.251 e. The third-order valence-electron chi connectivity index (χ3n) is 3.92. The van der Waals surface area contributed by atoms with E-state index >= 15 is 0 Å². The van der Waals surface area contributed by atoms with Crippen LogP contribution in [0.3, 0.4) is 0 Å². The molecule has 0 aliphatic heterocycles. The van der Waals surface area contributed by atoms with Gasteiger partial charge in [-0.05, 0) is 48.4 Å². The van der Waals surface area contributed by atoms with Gasteiger partial charge in [-0.3, -0.25) is 9.59 Å². The van der Waals surface area contributed by atoms with Crippen molar-refractivity contribution in [1.82, 2.24) is 5.32 Å². The predicted octanol–water partition coefficient (Wildman–Crippen LogP) is 3.89. The lowest BCUT2D eigenvalue weighted by Crippen LogP contribution is -2.22. The van der Waals surface area contributed by atoms with Gasteiger partial charge in [0.15, 0.2) is 0 Å². The van der Waals surface area contributed by atoms with Crippen molar-refractivity contribution in [2.75, 3.05) is 5.32 Å². The number of benzene rings is 2. The number of rotatable bonds is 5. The Balaban J connectivity index is 1.53. The summed E-state index contributed by atoms with van der Waals surface area (Å²) in [5.41, 5.74) is 1.82. The van der Waals surface area contributed by atoms with Crippen LogP contribution in [0.5, 0.6) is 0 Å². The predicted molar refractivity (Wildman–Crippen MR) is 95.2 cm³/mol. The summed E-state index contributed by atoms with van der Waals surface area (Å²) < 4.78 is 11.9. The van der Waals surface area contributed by atoms with Crippen molar-refractivity contribution >= 4 is 40.7 Å². The molecular weight excluding hydrogens is 366 g/mol. The second kappa shape index (κ2) is 7.02. The molecular formula is C18H15Cl2FN2O2. The van der Waals surface area contributed by atoms with Crippen molar-refractivity contribution in [1.29, 1.82) is 0 Å². The SMILES string of the molecule is O=C(NCc1ccc(F)cc1)c1ccc(NC(=O)C2CC2(Cl)Cl)cc1. The first-order valence-electron chi connectivity index (χ1n) is 7.66. The van der Waals surface area contributed by atoms with Crippen LogP contribution in [0.2, 0.25) is 0 Å². The number of halogens is 3. The van der Waals surface area contributed by atoms with Gasteiger partial charge < -0.3 is 10.6 Å². The molecule has 0 aromatic heterocycles. The zero-order chi connectivity index (χ0) is 18.0. The van der Waals surface area contributed by atoms with Gasteiger partial charge in [0.05, 0.1) is 5.92 Å². The fraction of sp³-hybridized carbons (Fsp3) is 0.222. The second-order valence-electron chi connectivity index (χ2n) is 5.89. The quantitative estimate of drug-likeness (QED) is 0.773. The van der Waals surface area contributed by atoms with Gasteiger partial charge in [-0.25, -0.2) is 4.39 Å². The Morgan fingerprint density at radius 3 is 2.24 bits per heavy atom. The molecule has 0 heterocycles. The highest BCUT2D eigenvalue weighted by Crippen LogP contribution is 2.53. The molecule has 130 valence electrons. The second-order valence-corrected chi connectivity index (χ2v) is 7.44. The van der Waals surface area contributed by atoms with Crippen LogP contribution in [0, 0.1) is 11.7 Å². The summed E-state index contributed by atoms with van der Waals surface area (Å²) in [4.78, 5) is 24.0. The maximum absolute atomic E-state index is 12.8. The van der Waals surface area contributed by atoms with Crippen molar-refractivity contribution in [3.63, 3.8) is 0 Å². The largest absolute Gasteiger partial charge is 0.348 e. The topological polar surface area (TPSA) is 58.2 Å². The van der Waals surface area contributed by atoms with E-state index < -0.39 is 10.3 Å². The van der Waals surface area contributed by atoms with E-state index in [0.29, 0.717) is 24.2 Å². The molecule has 2 aromatic carbocycles. The molecule has 0 radical (unpaired) electrons. The van der Waals surface area contributed by atoms with E-state index in [2.05, 4.69) is 10.6 Å². The Kier molecular flexibility index (Phi) is 4.97. The van der Waals surface area contributed by atoms with Crippen molar-refractivity contribution in [3.05, 3.63) is 65.5 Å². The van der Waals surface area contributed by atoms with E-state index in [9.17, 15) is 14.0 Å². The first-order chi connectivity index (χ1) is 11.8. The minimum absolute atomic E-state index is 0.237. The summed E-state index contributed by atoms with van der Waals surface area (Å²) in [6.07, 6.45) is 0.436. The first kappa shape index (κ1) is 17.7. The fourth-order valence-electron chi connectivity index (χ4n) is 2.32. The molecule has 4 nitrogen and oxygen atoms in total. The Labute approximate surface area is 154 Å². The third kappa shape index (κ3) is 4.50. The molecule has 0 bridgehead atoms. The van der Waals surface area contributed by atoms with Crippen molar-refractivity contribution in [3.8, 4) is 0 Å². The van der Waals surface area contributed by atoms with Crippen LogP contribution in [-0.2, 0) is 11.3 Å². The van der Waals surface area contributed by atoms with Crippen molar-refractivity contribution in [2.45, 2.75) is 17.3 Å². The molecule has 1 aliphatic rings. The van der Waals surface area contributed by atoms with Crippen LogP contribution >= 0.6 is 23.2 Å². The molecule has 3 rings (SSSR count). The number of hydrogen-bond donors (Lipinski definition) is 2. The third-order valence-corrected chi connectivity index (χ3v) is 4.76. The van der Waals surface area contributed by atoms with Gasteiger partial charge >= 0.3 is 0 Å². The van der Waals surface area contributed by atoms with E-state index in [4.69, 9.17) is 23.2 Å². The number of anilines is 1. The van der Waals surface area contributed by atoms with E-state index in [1.807, 2.05) is 0 Å². The highest BCUT2D eigenvalue weighted by Gasteiger charge is 2.56. The fourth-order valence-corrected chi connectivity index (χ4v) is 2.83. The van der Waals surface area contributed by atoms with E-state index in [0.717, 1.165) is 5.56 Å². The van der Waals surface area contributed by atoms with Crippen LogP contribution < -0.4 is 10.6 Å². The lowest BCUT2D eigenvalue weighted by atomic mass is 10.1. The van der Waals surface area contributed by atoms with Crippen molar-refractivity contribution < 1.29 is 14.0 Å². The molecule has 1 fully saturated rings. The molecule has 0 saturated heterocycles. The molecule has 1 saturated carbocycles. The number of alkyl halides is 2. The monoisotopic (exact) mass is 380 g/mol. The highest BCUT2D eigenvalue weighted by molar-refractivity contribution is 6.52. The van der Waals surface area contributed by atoms with Crippen LogP contribution in [0.4, 0.5) is 10.1 Å². The van der Waals surface area contributed by atoms with Crippen molar-refractivity contribution in [2.24, 2.45) is 5.92 Å². The zero-order valence-corrected chi connectivity index (χ0v) is 14.6. The molecule has 1 aliphatic carbocycles. The van der Waals surface area contributed by atoms with Crippen LogP contribution in [-0.4, -0.2) is 16.1 Å². The van der Waals surface area contributed by atoms with Gasteiger partial charge in [0.25, 0.3) is 5.91 Å². The van der Waals surface area contributed by atoms with E-state index in [-0.39, 0.29) is 17.6 Å². The summed E-state index contributed by atoms with van der Waals surface area (Å²) in [6.45, 7) is 0.298. The van der Waals surface area contributed by atoms with Gasteiger partial charge in [0.1, 0.15) is 10.2 Å². The average Bonchev–Trinajstić information content (AvgIpc) is 3.23. The van der Waals surface area contributed by atoms with Gasteiger partial charge in [0, 0.05) is 17.8 Å². The molecule has 2 N–H and O–H groups in total. The molecule has 25 heavy (non-hydrogen) atoms. The molecule has 0 spiro atoms. The summed E-state index contributed by atoms with van der Waals surface area (Å²) in [6, 6.07) is 12.4. The summed E-state index contributed by atoms with van der Waals surface area (Å²) in [7, 11) is 0. The van der Waals surface area contributed by atoms with Crippen LogP contribution in [0.1, 0.15) is 22.3 Å². The summed E-state index contributed by atoms with van der Waals surface area (Å²) >= 11 is 11.7. The number of carbonyl (C=O) groups excluding carboxylic acids is 2. The molecule has 1 unspecified atom stereocenters. The van der Waals surface area contributed by atoms with Gasteiger partial charge in [-0.15, -0.1) is 23.2 Å². The number of carbonyl (C=O) groups is 2. The van der Waals surface area contributed by atoms with E-state index in [1.54, 1.807) is 36.4 Å². The van der Waals surface area contributed by atoms with Gasteiger partial charge in [-0.2, -0.15) is 0 Å². The zero-order valence-electron chi connectivity index (χ0n) is 13.1. The lowest BCUT2D eigenvalue weighted by Gasteiger charge is -2.08. The number of nitrogens with one attached hydrogen (secondary N) is 2. The Morgan fingerprint density at radius 1 is 1.08 bits per heavy atom. The summed E-state index contributed by atoms with van der Waals surface area (Å²) in [5.74, 6) is -1.22. The number of amides is 2. The minimum Gasteiger partial charge on any atom is -0.348 e. The normalized spacial score (nSPS) is 17.6. The van der Waals surface area contributed by atoms with E-state index in [1.165, 1.54) is 12.1 Å². The van der Waals surface area contributed by atoms with Gasteiger partial charge in [-0.1, -0.05) is 12.1 Å². The Hall–Kier alpha value is -2.11.